The van der Waals surface area contributed by atoms with Crippen molar-refractivity contribution >= 4 is 29.9 Å². The highest BCUT2D eigenvalue weighted by Gasteiger charge is 2.32. The van der Waals surface area contributed by atoms with Crippen LogP contribution in [0.3, 0.4) is 0 Å². The second kappa shape index (κ2) is 11.9. The summed E-state index contributed by atoms with van der Waals surface area (Å²) in [5.41, 5.74) is 2.63. The first kappa shape index (κ1) is 23.4. The topological polar surface area (TPSA) is 49.3 Å². The fourth-order valence-corrected chi connectivity index (χ4v) is 3.76. The Morgan fingerprint density at radius 1 is 1.25 bits per heavy atom. The monoisotopic (exact) mass is 502 g/mol. The molecule has 1 N–H and O–H groups in total. The fourth-order valence-electron chi connectivity index (χ4n) is 3.76. The van der Waals surface area contributed by atoms with Gasteiger partial charge < -0.3 is 24.6 Å². The Kier molecular flexibility index (Phi) is 9.98. The number of benzene rings is 1. The first-order valence-electron chi connectivity index (χ1n) is 10.1. The van der Waals surface area contributed by atoms with Crippen LogP contribution in [0, 0.1) is 0 Å². The van der Waals surface area contributed by atoms with E-state index >= 15 is 0 Å². The Balaban J connectivity index is 0.00000280. The molecule has 7 heteroatoms. The van der Waals surface area contributed by atoms with Gasteiger partial charge in [-0.25, -0.2) is 0 Å². The van der Waals surface area contributed by atoms with Gasteiger partial charge in [0.05, 0.1) is 12.7 Å². The standard InChI is InChI=1S/C21H34N4O2.HI/c1-4-24(3)15-18-8-5-7-17(13-18)14-23-21(22-2)25-10-12-27-20(16-25)19-9-6-11-26-19;/h5,7-8,13,19-20H,4,6,9-12,14-16H2,1-3H3,(H,22,23);1H. The van der Waals surface area contributed by atoms with E-state index in [4.69, 9.17) is 9.47 Å². The second-order valence-corrected chi connectivity index (χ2v) is 7.46. The van der Waals surface area contributed by atoms with Crippen molar-refractivity contribution in [1.82, 2.24) is 15.1 Å². The first-order valence-corrected chi connectivity index (χ1v) is 10.1. The summed E-state index contributed by atoms with van der Waals surface area (Å²) >= 11 is 0. The lowest BCUT2D eigenvalue weighted by Gasteiger charge is -2.37. The van der Waals surface area contributed by atoms with Crippen molar-refractivity contribution in [2.45, 2.75) is 45.1 Å². The number of aliphatic imine (C=N–C) groups is 1. The number of nitrogens with zero attached hydrogens (tertiary/aromatic N) is 3. The third-order valence-corrected chi connectivity index (χ3v) is 5.42. The molecule has 3 rings (SSSR count). The van der Waals surface area contributed by atoms with Crippen molar-refractivity contribution in [2.24, 2.45) is 4.99 Å². The molecule has 2 unspecified atom stereocenters. The third-order valence-electron chi connectivity index (χ3n) is 5.42. The largest absolute Gasteiger partial charge is 0.375 e. The highest BCUT2D eigenvalue weighted by molar-refractivity contribution is 14.0. The zero-order valence-electron chi connectivity index (χ0n) is 17.4. The van der Waals surface area contributed by atoms with Gasteiger partial charge in [-0.2, -0.15) is 0 Å². The number of halogens is 1. The molecule has 6 nitrogen and oxygen atoms in total. The van der Waals surface area contributed by atoms with Gasteiger partial charge in [0, 0.05) is 39.8 Å². The number of morpholine rings is 1. The Morgan fingerprint density at radius 3 is 2.75 bits per heavy atom. The SMILES string of the molecule is CCN(C)Cc1cccc(CNC(=NC)N2CCOC(C3CCCO3)C2)c1.I. The van der Waals surface area contributed by atoms with Crippen molar-refractivity contribution in [3.63, 3.8) is 0 Å². The number of hydrogen-bond acceptors (Lipinski definition) is 4. The van der Waals surface area contributed by atoms with Crippen molar-refractivity contribution in [3.8, 4) is 0 Å². The number of hydrogen-bond donors (Lipinski definition) is 1. The summed E-state index contributed by atoms with van der Waals surface area (Å²) in [4.78, 5) is 9.10. The van der Waals surface area contributed by atoms with Crippen LogP contribution in [-0.4, -0.2) is 74.9 Å². The molecule has 2 saturated heterocycles. The molecular weight excluding hydrogens is 467 g/mol. The molecular formula is C21H35IN4O2. The zero-order chi connectivity index (χ0) is 19.1. The maximum Gasteiger partial charge on any atom is 0.194 e. The molecule has 2 fully saturated rings. The van der Waals surface area contributed by atoms with Gasteiger partial charge >= 0.3 is 0 Å². The average Bonchev–Trinajstić information content (AvgIpc) is 3.24. The first-order chi connectivity index (χ1) is 13.2. The summed E-state index contributed by atoms with van der Waals surface area (Å²) in [6.45, 7) is 8.28. The van der Waals surface area contributed by atoms with E-state index in [1.54, 1.807) is 0 Å². The van der Waals surface area contributed by atoms with Crippen LogP contribution in [0.15, 0.2) is 29.3 Å². The van der Waals surface area contributed by atoms with Gasteiger partial charge in [0.1, 0.15) is 6.10 Å². The average molecular weight is 502 g/mol. The van der Waals surface area contributed by atoms with Crippen molar-refractivity contribution in [2.75, 3.05) is 46.9 Å². The van der Waals surface area contributed by atoms with E-state index in [1.165, 1.54) is 11.1 Å². The predicted molar refractivity (Wildman–Crippen MR) is 124 cm³/mol. The van der Waals surface area contributed by atoms with Crippen LogP contribution in [-0.2, 0) is 22.6 Å². The lowest BCUT2D eigenvalue weighted by atomic mass is 10.1. The number of nitrogens with one attached hydrogen (secondary N) is 1. The van der Waals surface area contributed by atoms with Crippen molar-refractivity contribution in [3.05, 3.63) is 35.4 Å². The van der Waals surface area contributed by atoms with E-state index in [0.29, 0.717) is 0 Å². The molecule has 0 saturated carbocycles. The van der Waals surface area contributed by atoms with Crippen LogP contribution < -0.4 is 5.32 Å². The van der Waals surface area contributed by atoms with Gasteiger partial charge in [0.2, 0.25) is 0 Å². The van der Waals surface area contributed by atoms with E-state index in [9.17, 15) is 0 Å². The Morgan fingerprint density at radius 2 is 2.04 bits per heavy atom. The Labute approximate surface area is 186 Å². The minimum Gasteiger partial charge on any atom is -0.375 e. The summed E-state index contributed by atoms with van der Waals surface area (Å²) in [6.07, 6.45) is 2.62. The summed E-state index contributed by atoms with van der Waals surface area (Å²) in [5, 5.41) is 3.53. The molecule has 2 aliphatic rings. The number of guanidine groups is 1. The van der Waals surface area contributed by atoms with Gasteiger partial charge in [-0.3, -0.25) is 4.99 Å². The molecule has 158 valence electrons. The summed E-state index contributed by atoms with van der Waals surface area (Å²) < 4.78 is 11.8. The Hall–Kier alpha value is -0.900. The quantitative estimate of drug-likeness (QED) is 0.369. The molecule has 0 bridgehead atoms. The van der Waals surface area contributed by atoms with Gasteiger partial charge in [0.15, 0.2) is 5.96 Å². The summed E-state index contributed by atoms with van der Waals surface area (Å²) in [6, 6.07) is 8.78. The highest BCUT2D eigenvalue weighted by atomic mass is 127. The molecule has 2 aliphatic heterocycles. The second-order valence-electron chi connectivity index (χ2n) is 7.46. The summed E-state index contributed by atoms with van der Waals surface area (Å²) in [5.74, 6) is 0.942. The van der Waals surface area contributed by atoms with E-state index < -0.39 is 0 Å². The lowest BCUT2D eigenvalue weighted by Crippen LogP contribution is -2.53. The molecule has 0 aliphatic carbocycles. The molecule has 0 aromatic heterocycles. The van der Waals surface area contributed by atoms with Crippen LogP contribution >= 0.6 is 24.0 Å². The van der Waals surface area contributed by atoms with Crippen LogP contribution in [0.4, 0.5) is 0 Å². The van der Waals surface area contributed by atoms with Crippen LogP contribution in [0.1, 0.15) is 30.9 Å². The van der Waals surface area contributed by atoms with Crippen LogP contribution in [0.5, 0.6) is 0 Å². The molecule has 0 amide bonds. The molecule has 1 aromatic carbocycles. The normalized spacial score (nSPS) is 23.0. The molecule has 2 heterocycles. The minimum atomic E-state index is 0. The molecule has 0 radical (unpaired) electrons. The minimum absolute atomic E-state index is 0. The smallest absolute Gasteiger partial charge is 0.194 e. The van der Waals surface area contributed by atoms with Crippen molar-refractivity contribution in [1.29, 1.82) is 0 Å². The summed E-state index contributed by atoms with van der Waals surface area (Å²) in [7, 11) is 4.00. The maximum atomic E-state index is 5.96. The Bertz CT molecular complexity index is 622. The van der Waals surface area contributed by atoms with Gasteiger partial charge in [-0.1, -0.05) is 31.2 Å². The van der Waals surface area contributed by atoms with Crippen LogP contribution in [0.25, 0.3) is 0 Å². The number of ether oxygens (including phenoxy) is 2. The third kappa shape index (κ3) is 6.57. The molecule has 0 spiro atoms. The number of rotatable bonds is 6. The van der Waals surface area contributed by atoms with Crippen LogP contribution in [0.2, 0.25) is 0 Å². The maximum absolute atomic E-state index is 5.96. The van der Waals surface area contributed by atoms with Crippen molar-refractivity contribution < 1.29 is 9.47 Å². The lowest BCUT2D eigenvalue weighted by molar-refractivity contribution is -0.0817. The fraction of sp³-hybridized carbons (Fsp3) is 0.667. The van der Waals surface area contributed by atoms with E-state index in [1.807, 2.05) is 7.05 Å². The van der Waals surface area contributed by atoms with E-state index in [2.05, 4.69) is 58.3 Å². The van der Waals surface area contributed by atoms with E-state index in [-0.39, 0.29) is 36.2 Å². The van der Waals surface area contributed by atoms with E-state index in [0.717, 1.165) is 64.7 Å². The highest BCUT2D eigenvalue weighted by Crippen LogP contribution is 2.21. The molecule has 1 aromatic rings. The predicted octanol–water partition coefficient (Wildman–Crippen LogP) is 2.71. The van der Waals surface area contributed by atoms with Gasteiger partial charge in [-0.15, -0.1) is 24.0 Å². The zero-order valence-corrected chi connectivity index (χ0v) is 19.7. The molecule has 2 atom stereocenters. The molecule has 28 heavy (non-hydrogen) atoms. The van der Waals surface area contributed by atoms with Gasteiger partial charge in [0.25, 0.3) is 0 Å². The van der Waals surface area contributed by atoms with Gasteiger partial charge in [-0.05, 0) is 37.6 Å².